The molecule has 0 radical (unpaired) electrons. The van der Waals surface area contributed by atoms with Crippen molar-refractivity contribution in [3.05, 3.63) is 46.2 Å². The average molecular weight is 421 g/mol. The molecule has 2 amide bonds. The quantitative estimate of drug-likeness (QED) is 0.654. The molecule has 8 heteroatoms. The zero-order valence-corrected chi connectivity index (χ0v) is 17.8. The minimum absolute atomic E-state index is 0.00677. The molecule has 0 spiro atoms. The van der Waals surface area contributed by atoms with Crippen molar-refractivity contribution < 1.29 is 19.1 Å². The molecule has 1 fully saturated rings. The third kappa shape index (κ3) is 4.28. The zero-order chi connectivity index (χ0) is 20.1. The first-order valence-corrected chi connectivity index (χ1v) is 11.0. The van der Waals surface area contributed by atoms with E-state index in [1.807, 2.05) is 47.5 Å². The van der Waals surface area contributed by atoms with Crippen LogP contribution in [0.3, 0.4) is 0 Å². The largest absolute Gasteiger partial charge is 0.497 e. The highest BCUT2D eigenvalue weighted by Gasteiger charge is 2.35. The number of amides is 2. The highest BCUT2D eigenvalue weighted by Crippen LogP contribution is 2.43. The van der Waals surface area contributed by atoms with Crippen LogP contribution in [0.15, 0.2) is 35.7 Å². The number of thiophene rings is 1. The molecule has 1 saturated heterocycles. The lowest BCUT2D eigenvalue weighted by molar-refractivity contribution is -0.128. The summed E-state index contributed by atoms with van der Waals surface area (Å²) in [7, 11) is 3.24. The summed E-state index contributed by atoms with van der Waals surface area (Å²) in [5, 5.41) is 1.74. The Hall–Kier alpha value is -2.19. The zero-order valence-electron chi connectivity index (χ0n) is 16.2. The third-order valence-corrected chi connectivity index (χ3v) is 6.78. The van der Waals surface area contributed by atoms with E-state index in [1.54, 1.807) is 30.9 Å². The van der Waals surface area contributed by atoms with Crippen molar-refractivity contribution in [3.63, 3.8) is 0 Å². The Bertz CT molecular complexity index is 826. The Morgan fingerprint density at radius 3 is 2.75 bits per heavy atom. The van der Waals surface area contributed by atoms with Gasteiger partial charge in [0.1, 0.15) is 16.9 Å². The molecule has 0 N–H and O–H groups in total. The van der Waals surface area contributed by atoms with Gasteiger partial charge in [-0.05, 0) is 36.6 Å². The summed E-state index contributed by atoms with van der Waals surface area (Å²) in [6.07, 6.45) is 0. The third-order valence-electron chi connectivity index (χ3n) is 4.68. The van der Waals surface area contributed by atoms with E-state index in [9.17, 15) is 9.59 Å². The van der Waals surface area contributed by atoms with Gasteiger partial charge >= 0.3 is 0 Å². The fraction of sp³-hybridized carbons (Fsp3) is 0.400. The van der Waals surface area contributed by atoms with E-state index < -0.39 is 0 Å². The minimum atomic E-state index is -0.159. The molecule has 0 bridgehead atoms. The number of hydrogen-bond donors (Lipinski definition) is 0. The number of thioether (sulfide) groups is 1. The number of methoxy groups -OCH3 is 2. The van der Waals surface area contributed by atoms with Gasteiger partial charge in [0, 0.05) is 25.2 Å². The molecule has 0 unspecified atom stereocenters. The van der Waals surface area contributed by atoms with Gasteiger partial charge in [-0.3, -0.25) is 9.59 Å². The Kier molecular flexibility index (Phi) is 6.85. The van der Waals surface area contributed by atoms with Crippen LogP contribution < -0.4 is 9.47 Å². The lowest BCUT2D eigenvalue weighted by Crippen LogP contribution is -2.39. The van der Waals surface area contributed by atoms with Gasteiger partial charge in [-0.2, -0.15) is 0 Å². The molecule has 1 aromatic carbocycles. The summed E-state index contributed by atoms with van der Waals surface area (Å²) in [6.45, 7) is 3.51. The normalized spacial score (nSPS) is 16.3. The van der Waals surface area contributed by atoms with Crippen LogP contribution in [0.4, 0.5) is 0 Å². The number of ether oxygens (including phenoxy) is 2. The number of likely N-dealkylation sites (N-methyl/N-ethyl adjacent to an activating group) is 1. The van der Waals surface area contributed by atoms with Crippen molar-refractivity contribution in [1.29, 1.82) is 0 Å². The number of hydrogen-bond acceptors (Lipinski definition) is 6. The summed E-state index contributed by atoms with van der Waals surface area (Å²) in [4.78, 5) is 29.5. The van der Waals surface area contributed by atoms with Gasteiger partial charge in [-0.25, -0.2) is 0 Å². The molecule has 0 saturated carbocycles. The van der Waals surface area contributed by atoms with E-state index in [-0.39, 0.29) is 17.2 Å². The highest BCUT2D eigenvalue weighted by molar-refractivity contribution is 8.00. The van der Waals surface area contributed by atoms with Crippen LogP contribution in [0, 0.1) is 0 Å². The summed E-state index contributed by atoms with van der Waals surface area (Å²) in [5.74, 6) is 1.93. The van der Waals surface area contributed by atoms with Gasteiger partial charge in [-0.1, -0.05) is 6.07 Å². The van der Waals surface area contributed by atoms with Crippen LogP contribution in [0.1, 0.15) is 27.5 Å². The Labute approximate surface area is 173 Å². The van der Waals surface area contributed by atoms with Crippen molar-refractivity contribution in [2.75, 3.05) is 39.6 Å². The number of carbonyl (C=O) groups is 2. The second-order valence-electron chi connectivity index (χ2n) is 6.22. The molecule has 3 rings (SSSR count). The van der Waals surface area contributed by atoms with Gasteiger partial charge in [0.2, 0.25) is 5.91 Å². The first-order chi connectivity index (χ1) is 13.6. The molecule has 1 atom stereocenters. The van der Waals surface area contributed by atoms with Crippen molar-refractivity contribution >= 4 is 34.9 Å². The summed E-state index contributed by atoms with van der Waals surface area (Å²) in [6, 6.07) is 9.31. The van der Waals surface area contributed by atoms with E-state index in [1.165, 1.54) is 11.3 Å². The second kappa shape index (κ2) is 9.34. The van der Waals surface area contributed by atoms with Crippen molar-refractivity contribution in [1.82, 2.24) is 9.80 Å². The Morgan fingerprint density at radius 1 is 1.29 bits per heavy atom. The number of carbonyl (C=O) groups excluding carboxylic acids is 2. The number of nitrogens with zero attached hydrogens (tertiary/aromatic N) is 2. The molecule has 0 aliphatic carbocycles. The van der Waals surface area contributed by atoms with Gasteiger partial charge in [-0.15, -0.1) is 23.1 Å². The van der Waals surface area contributed by atoms with Crippen molar-refractivity contribution in [2.24, 2.45) is 0 Å². The van der Waals surface area contributed by atoms with E-state index in [2.05, 4.69) is 0 Å². The molecule has 2 heterocycles. The van der Waals surface area contributed by atoms with Crippen LogP contribution in [0.5, 0.6) is 11.5 Å². The molecule has 1 aromatic heterocycles. The summed E-state index contributed by atoms with van der Waals surface area (Å²) in [5.41, 5.74) is 0.908. The predicted molar refractivity (Wildman–Crippen MR) is 112 cm³/mol. The highest BCUT2D eigenvalue weighted by atomic mass is 32.2. The monoisotopic (exact) mass is 420 g/mol. The number of rotatable bonds is 8. The van der Waals surface area contributed by atoms with E-state index >= 15 is 0 Å². The maximum atomic E-state index is 12.6. The van der Waals surface area contributed by atoms with Crippen molar-refractivity contribution in [2.45, 2.75) is 12.3 Å². The number of benzene rings is 1. The predicted octanol–water partition coefficient (Wildman–Crippen LogP) is 3.50. The van der Waals surface area contributed by atoms with Gasteiger partial charge in [0.05, 0.1) is 24.8 Å². The molecule has 2 aromatic rings. The van der Waals surface area contributed by atoms with Crippen LogP contribution in [0.25, 0.3) is 0 Å². The molecule has 28 heavy (non-hydrogen) atoms. The fourth-order valence-corrected chi connectivity index (χ4v) is 5.10. The van der Waals surface area contributed by atoms with Gasteiger partial charge < -0.3 is 19.3 Å². The van der Waals surface area contributed by atoms with E-state index in [0.717, 1.165) is 21.9 Å². The first kappa shape index (κ1) is 20.5. The Balaban J connectivity index is 1.77. The molecule has 1 aliphatic heterocycles. The van der Waals surface area contributed by atoms with Gasteiger partial charge in [0.15, 0.2) is 0 Å². The van der Waals surface area contributed by atoms with Gasteiger partial charge in [0.25, 0.3) is 5.91 Å². The Morgan fingerprint density at radius 2 is 2.11 bits per heavy atom. The minimum Gasteiger partial charge on any atom is -0.497 e. The summed E-state index contributed by atoms with van der Waals surface area (Å²) < 4.78 is 10.8. The van der Waals surface area contributed by atoms with Crippen LogP contribution in [0.2, 0.25) is 0 Å². The standard InChI is InChI=1S/C20H24N2O4S2/c1-4-21(19(24)17-6-5-11-27-17)9-10-22-18(23)13-28-20(22)15-12-14(25-2)7-8-16(15)26-3/h5-8,11-12,20H,4,9-10,13H2,1-3H3/t20-/m0/s1. The van der Waals surface area contributed by atoms with E-state index in [0.29, 0.717) is 25.4 Å². The molecule has 1 aliphatic rings. The first-order valence-electron chi connectivity index (χ1n) is 9.04. The second-order valence-corrected chi connectivity index (χ2v) is 8.24. The SMILES string of the molecule is CCN(CCN1C(=O)CS[C@H]1c1cc(OC)ccc1OC)C(=O)c1cccs1. The van der Waals surface area contributed by atoms with E-state index in [4.69, 9.17) is 9.47 Å². The maximum Gasteiger partial charge on any atom is 0.263 e. The smallest absolute Gasteiger partial charge is 0.263 e. The fourth-order valence-electron chi connectivity index (χ4n) is 3.17. The molecular formula is C20H24N2O4S2. The van der Waals surface area contributed by atoms with Crippen molar-refractivity contribution in [3.8, 4) is 11.5 Å². The van der Waals surface area contributed by atoms with Crippen LogP contribution in [-0.2, 0) is 4.79 Å². The lowest BCUT2D eigenvalue weighted by atomic mass is 10.1. The topological polar surface area (TPSA) is 59.1 Å². The lowest BCUT2D eigenvalue weighted by Gasteiger charge is -2.29. The maximum absolute atomic E-state index is 12.6. The average Bonchev–Trinajstić information content (AvgIpc) is 3.38. The summed E-state index contributed by atoms with van der Waals surface area (Å²) >= 11 is 3.00. The van der Waals surface area contributed by atoms with Crippen LogP contribution in [-0.4, -0.2) is 61.2 Å². The molecular weight excluding hydrogens is 396 g/mol. The molecule has 150 valence electrons. The van der Waals surface area contributed by atoms with Crippen LogP contribution >= 0.6 is 23.1 Å². The molecule has 6 nitrogen and oxygen atoms in total.